The monoisotopic (exact) mass is 326 g/mol. The summed E-state index contributed by atoms with van der Waals surface area (Å²) < 4.78 is 15.3. The molecule has 0 unspecified atom stereocenters. The van der Waals surface area contributed by atoms with Crippen LogP contribution in [0.3, 0.4) is 0 Å². The molecule has 124 valence electrons. The van der Waals surface area contributed by atoms with Crippen LogP contribution < -0.4 is 14.2 Å². The molecule has 0 radical (unpaired) electrons. The third kappa shape index (κ3) is 4.46. The predicted octanol–water partition coefficient (Wildman–Crippen LogP) is 3.53. The maximum atomic E-state index is 12.3. The average molecular weight is 326 g/mol. The van der Waals surface area contributed by atoms with Gasteiger partial charge in [-0.3, -0.25) is 9.59 Å². The third-order valence-electron chi connectivity index (χ3n) is 3.24. The number of carbonyl (C=O) groups is 2. The quantitative estimate of drug-likeness (QED) is 0.352. The van der Waals surface area contributed by atoms with Gasteiger partial charge in [-0.25, -0.2) is 0 Å². The Labute approximate surface area is 140 Å². The van der Waals surface area contributed by atoms with E-state index in [9.17, 15) is 9.59 Å². The number of methoxy groups -OCH3 is 2. The van der Waals surface area contributed by atoms with Crippen molar-refractivity contribution in [2.75, 3.05) is 14.2 Å². The van der Waals surface area contributed by atoms with Crippen LogP contribution in [-0.2, 0) is 4.79 Å². The second-order valence-corrected chi connectivity index (χ2v) is 4.93. The van der Waals surface area contributed by atoms with Gasteiger partial charge in [0.2, 0.25) is 0 Å². The summed E-state index contributed by atoms with van der Waals surface area (Å²) in [6.45, 7) is 1.34. The molecule has 0 heterocycles. The molecule has 5 heteroatoms. The molecule has 0 aliphatic rings. The van der Waals surface area contributed by atoms with E-state index >= 15 is 0 Å². The topological polar surface area (TPSA) is 61.8 Å². The molecule has 0 saturated heterocycles. The maximum absolute atomic E-state index is 12.3. The first-order valence-electron chi connectivity index (χ1n) is 7.26. The van der Waals surface area contributed by atoms with Crippen LogP contribution in [0.15, 0.2) is 48.5 Å². The lowest BCUT2D eigenvalue weighted by Crippen LogP contribution is -2.01. The second-order valence-electron chi connectivity index (χ2n) is 4.93. The summed E-state index contributed by atoms with van der Waals surface area (Å²) in [6.07, 6.45) is 3.15. The largest absolute Gasteiger partial charge is 0.497 e. The number of ketones is 1. The molecule has 0 spiro atoms. The lowest BCUT2D eigenvalue weighted by atomic mass is 10.1. The normalized spacial score (nSPS) is 10.5. The summed E-state index contributed by atoms with van der Waals surface area (Å²) in [7, 11) is 3.05. The van der Waals surface area contributed by atoms with Crippen molar-refractivity contribution in [2.45, 2.75) is 6.92 Å². The summed E-state index contributed by atoms with van der Waals surface area (Å²) in [5, 5.41) is 0. The van der Waals surface area contributed by atoms with Crippen molar-refractivity contribution in [2.24, 2.45) is 0 Å². The molecule has 0 aliphatic carbocycles. The van der Waals surface area contributed by atoms with Crippen LogP contribution in [0.4, 0.5) is 0 Å². The number of hydrogen-bond donors (Lipinski definition) is 0. The number of hydrogen-bond acceptors (Lipinski definition) is 5. The molecule has 0 fully saturated rings. The van der Waals surface area contributed by atoms with E-state index in [1.807, 2.05) is 0 Å². The summed E-state index contributed by atoms with van der Waals surface area (Å²) in [5.74, 6) is 0.976. The predicted molar refractivity (Wildman–Crippen MR) is 90.7 cm³/mol. The SMILES string of the molecule is COc1ccc(C(=O)C=Cc2ccc(OC(C)=O)cc2)c(OC)c1. The Hall–Kier alpha value is -3.08. The van der Waals surface area contributed by atoms with Crippen molar-refractivity contribution in [3.63, 3.8) is 0 Å². The van der Waals surface area contributed by atoms with Gasteiger partial charge in [-0.2, -0.15) is 0 Å². The van der Waals surface area contributed by atoms with Gasteiger partial charge in [-0.1, -0.05) is 18.2 Å². The molecule has 0 N–H and O–H groups in total. The van der Waals surface area contributed by atoms with Crippen LogP contribution in [0, 0.1) is 0 Å². The van der Waals surface area contributed by atoms with Gasteiger partial charge in [-0.05, 0) is 35.9 Å². The Morgan fingerprint density at radius 2 is 1.58 bits per heavy atom. The third-order valence-corrected chi connectivity index (χ3v) is 3.24. The molecule has 0 amide bonds. The first-order valence-corrected chi connectivity index (χ1v) is 7.26. The van der Waals surface area contributed by atoms with Crippen LogP contribution >= 0.6 is 0 Å². The minimum Gasteiger partial charge on any atom is -0.497 e. The Morgan fingerprint density at radius 1 is 0.917 bits per heavy atom. The van der Waals surface area contributed by atoms with E-state index in [2.05, 4.69) is 0 Å². The highest BCUT2D eigenvalue weighted by atomic mass is 16.5. The Morgan fingerprint density at radius 3 is 2.17 bits per heavy atom. The minimum absolute atomic E-state index is 0.182. The molecule has 0 saturated carbocycles. The molecule has 2 aromatic rings. The number of esters is 1. The number of ether oxygens (including phenoxy) is 3. The van der Waals surface area contributed by atoms with Crippen LogP contribution in [0.1, 0.15) is 22.8 Å². The molecular formula is C19H18O5. The van der Waals surface area contributed by atoms with E-state index in [1.165, 1.54) is 20.1 Å². The summed E-state index contributed by atoms with van der Waals surface area (Å²) >= 11 is 0. The van der Waals surface area contributed by atoms with Gasteiger partial charge in [0.05, 0.1) is 19.8 Å². The number of carbonyl (C=O) groups excluding carboxylic acids is 2. The van der Waals surface area contributed by atoms with Gasteiger partial charge in [0, 0.05) is 13.0 Å². The fourth-order valence-electron chi connectivity index (χ4n) is 2.08. The van der Waals surface area contributed by atoms with Crippen LogP contribution in [0.5, 0.6) is 17.2 Å². The summed E-state index contributed by atoms with van der Waals surface area (Å²) in [6, 6.07) is 11.9. The summed E-state index contributed by atoms with van der Waals surface area (Å²) in [4.78, 5) is 23.2. The van der Waals surface area contributed by atoms with Crippen molar-refractivity contribution in [1.29, 1.82) is 0 Å². The maximum Gasteiger partial charge on any atom is 0.308 e. The van der Waals surface area contributed by atoms with E-state index in [0.717, 1.165) is 5.56 Å². The fraction of sp³-hybridized carbons (Fsp3) is 0.158. The fourth-order valence-corrected chi connectivity index (χ4v) is 2.08. The Kier molecular flexibility index (Phi) is 5.73. The highest BCUT2D eigenvalue weighted by molar-refractivity contribution is 6.08. The van der Waals surface area contributed by atoms with Crippen LogP contribution in [-0.4, -0.2) is 26.0 Å². The molecule has 5 nitrogen and oxygen atoms in total. The first kappa shape index (κ1) is 17.3. The van der Waals surface area contributed by atoms with Gasteiger partial charge in [-0.15, -0.1) is 0 Å². The molecule has 2 rings (SSSR count). The Balaban J connectivity index is 2.14. The van der Waals surface area contributed by atoms with E-state index in [0.29, 0.717) is 22.8 Å². The molecular weight excluding hydrogens is 308 g/mol. The Bertz CT molecular complexity index is 760. The van der Waals surface area contributed by atoms with Gasteiger partial charge in [0.1, 0.15) is 17.2 Å². The van der Waals surface area contributed by atoms with Gasteiger partial charge in [0.15, 0.2) is 5.78 Å². The molecule has 0 aliphatic heterocycles. The van der Waals surface area contributed by atoms with E-state index in [4.69, 9.17) is 14.2 Å². The second kappa shape index (κ2) is 7.97. The highest BCUT2D eigenvalue weighted by Gasteiger charge is 2.10. The molecule has 0 bridgehead atoms. The van der Waals surface area contributed by atoms with E-state index < -0.39 is 0 Å². The van der Waals surface area contributed by atoms with Crippen molar-refractivity contribution >= 4 is 17.8 Å². The lowest BCUT2D eigenvalue weighted by molar-refractivity contribution is -0.131. The van der Waals surface area contributed by atoms with Crippen molar-refractivity contribution in [3.05, 3.63) is 59.7 Å². The van der Waals surface area contributed by atoms with Crippen molar-refractivity contribution < 1.29 is 23.8 Å². The van der Waals surface area contributed by atoms with Crippen LogP contribution in [0.25, 0.3) is 6.08 Å². The van der Waals surface area contributed by atoms with Crippen molar-refractivity contribution in [1.82, 2.24) is 0 Å². The van der Waals surface area contributed by atoms with E-state index in [-0.39, 0.29) is 11.8 Å². The minimum atomic E-state index is -0.375. The van der Waals surface area contributed by atoms with Crippen LogP contribution in [0.2, 0.25) is 0 Å². The number of rotatable bonds is 6. The first-order chi connectivity index (χ1) is 11.5. The summed E-state index contributed by atoms with van der Waals surface area (Å²) in [5.41, 5.74) is 1.26. The molecule has 0 atom stereocenters. The zero-order chi connectivity index (χ0) is 17.5. The zero-order valence-corrected chi connectivity index (χ0v) is 13.7. The standard InChI is InChI=1S/C19H18O5/c1-13(20)24-15-7-4-14(5-8-15)6-11-18(21)17-10-9-16(22-2)12-19(17)23-3/h4-12H,1-3H3. The number of allylic oxidation sites excluding steroid dienone is 1. The molecule has 2 aromatic carbocycles. The van der Waals surface area contributed by atoms with E-state index in [1.54, 1.807) is 55.7 Å². The number of benzene rings is 2. The lowest BCUT2D eigenvalue weighted by Gasteiger charge is -2.07. The van der Waals surface area contributed by atoms with Gasteiger partial charge < -0.3 is 14.2 Å². The average Bonchev–Trinajstić information content (AvgIpc) is 2.59. The van der Waals surface area contributed by atoms with Crippen molar-refractivity contribution in [3.8, 4) is 17.2 Å². The molecule has 0 aromatic heterocycles. The zero-order valence-electron chi connectivity index (χ0n) is 13.7. The smallest absolute Gasteiger partial charge is 0.308 e. The highest BCUT2D eigenvalue weighted by Crippen LogP contribution is 2.25. The molecule has 24 heavy (non-hydrogen) atoms. The van der Waals surface area contributed by atoms with Gasteiger partial charge >= 0.3 is 5.97 Å². The van der Waals surface area contributed by atoms with Gasteiger partial charge in [0.25, 0.3) is 0 Å².